The highest BCUT2D eigenvalue weighted by molar-refractivity contribution is 5.98. The fraction of sp³-hybridized carbons (Fsp3) is 0. The zero-order valence-electron chi connectivity index (χ0n) is 27.5. The molecule has 0 bridgehead atoms. The molecule has 0 radical (unpaired) electrons. The Morgan fingerprint density at radius 3 is 1.55 bits per heavy atom. The van der Waals surface area contributed by atoms with Crippen LogP contribution in [-0.4, -0.2) is 15.0 Å². The van der Waals surface area contributed by atoms with E-state index in [1.807, 2.05) is 48.8 Å². The highest BCUT2D eigenvalue weighted by Crippen LogP contribution is 2.38. The first kappa shape index (κ1) is 29.0. The van der Waals surface area contributed by atoms with Gasteiger partial charge < -0.3 is 4.42 Å². The van der Waals surface area contributed by atoms with Crippen LogP contribution in [0.1, 0.15) is 0 Å². The van der Waals surface area contributed by atoms with Gasteiger partial charge in [0.15, 0.2) is 5.58 Å². The predicted molar refractivity (Wildman–Crippen MR) is 209 cm³/mol. The molecule has 0 atom stereocenters. The van der Waals surface area contributed by atoms with Crippen LogP contribution < -0.4 is 0 Å². The summed E-state index contributed by atoms with van der Waals surface area (Å²) in [7, 11) is 0. The van der Waals surface area contributed by atoms with Crippen molar-refractivity contribution in [2.24, 2.45) is 0 Å². The van der Waals surface area contributed by atoms with Crippen LogP contribution in [0.25, 0.3) is 99.6 Å². The molecule has 0 saturated heterocycles. The van der Waals surface area contributed by atoms with E-state index in [4.69, 9.17) is 19.4 Å². The minimum Gasteiger partial charge on any atom is -0.436 e. The number of fused-ring (bicyclic) bond motifs is 4. The lowest BCUT2D eigenvalue weighted by molar-refractivity contribution is 0.620. The molecule has 0 spiro atoms. The number of aromatic nitrogens is 3. The molecule has 0 aliphatic heterocycles. The van der Waals surface area contributed by atoms with Crippen LogP contribution in [-0.2, 0) is 0 Å². The highest BCUT2D eigenvalue weighted by atomic mass is 16.3. The fourth-order valence-corrected chi connectivity index (χ4v) is 7.02. The summed E-state index contributed by atoms with van der Waals surface area (Å²) >= 11 is 0. The lowest BCUT2D eigenvalue weighted by Crippen LogP contribution is -1.88. The van der Waals surface area contributed by atoms with Gasteiger partial charge in [0.2, 0.25) is 5.89 Å². The maximum Gasteiger partial charge on any atom is 0.227 e. The van der Waals surface area contributed by atoms with Crippen LogP contribution >= 0.6 is 0 Å². The highest BCUT2D eigenvalue weighted by Gasteiger charge is 2.17. The molecule has 7 aromatic carbocycles. The Kier molecular flexibility index (Phi) is 6.78. The first-order valence-electron chi connectivity index (χ1n) is 17.1. The maximum atomic E-state index is 6.54. The van der Waals surface area contributed by atoms with Crippen molar-refractivity contribution in [3.63, 3.8) is 0 Å². The molecule has 51 heavy (non-hydrogen) atoms. The van der Waals surface area contributed by atoms with Crippen molar-refractivity contribution >= 4 is 43.7 Å². The summed E-state index contributed by atoms with van der Waals surface area (Å²) < 4.78 is 6.54. The topological polar surface area (TPSA) is 51.8 Å². The van der Waals surface area contributed by atoms with Gasteiger partial charge in [-0.3, -0.25) is 9.97 Å². The van der Waals surface area contributed by atoms with Gasteiger partial charge in [0.05, 0.1) is 11.0 Å². The van der Waals surface area contributed by atoms with Gasteiger partial charge >= 0.3 is 0 Å². The lowest BCUT2D eigenvalue weighted by Gasteiger charge is -2.09. The zero-order valence-corrected chi connectivity index (χ0v) is 27.5. The quantitative estimate of drug-likeness (QED) is 0.186. The standard InChI is InChI=1S/C47H29N3O/c1-2-8-35-23-36(22-19-30(35)7-1)33-15-13-31(14-16-33)32-17-20-34(21-18-32)47-50-46-42(41-25-38-10-4-6-12-44(38)49-29-41)26-39(27-45(46)51-47)40-24-37-9-3-5-11-43(37)48-28-40/h1-29H. The third kappa shape index (κ3) is 5.31. The minimum absolute atomic E-state index is 0.576. The Balaban J connectivity index is 1.02. The van der Waals surface area contributed by atoms with E-state index in [1.54, 1.807) is 0 Å². The van der Waals surface area contributed by atoms with E-state index in [2.05, 4.69) is 127 Å². The minimum atomic E-state index is 0.576. The molecule has 4 heteroatoms. The number of benzene rings is 7. The Morgan fingerprint density at radius 1 is 0.353 bits per heavy atom. The van der Waals surface area contributed by atoms with Crippen LogP contribution in [0.2, 0.25) is 0 Å². The molecule has 0 aliphatic rings. The lowest BCUT2D eigenvalue weighted by atomic mass is 9.98. The summed E-state index contributed by atoms with van der Waals surface area (Å²) in [5, 5.41) is 4.66. The van der Waals surface area contributed by atoms with E-state index < -0.39 is 0 Å². The van der Waals surface area contributed by atoms with Crippen LogP contribution in [0.5, 0.6) is 0 Å². The third-order valence-electron chi connectivity index (χ3n) is 9.75. The molecular formula is C47H29N3O. The van der Waals surface area contributed by atoms with Crippen LogP contribution in [0.15, 0.2) is 181 Å². The van der Waals surface area contributed by atoms with Gasteiger partial charge in [-0.25, -0.2) is 4.98 Å². The van der Waals surface area contributed by atoms with Crippen LogP contribution in [0, 0.1) is 0 Å². The summed E-state index contributed by atoms with van der Waals surface area (Å²) in [6.45, 7) is 0. The summed E-state index contributed by atoms with van der Waals surface area (Å²) in [4.78, 5) is 14.6. The van der Waals surface area contributed by atoms with Crippen molar-refractivity contribution in [1.82, 2.24) is 15.0 Å². The van der Waals surface area contributed by atoms with Gasteiger partial charge in [-0.05, 0) is 93.2 Å². The molecule has 4 nitrogen and oxygen atoms in total. The van der Waals surface area contributed by atoms with Crippen molar-refractivity contribution < 1.29 is 4.42 Å². The number of nitrogens with zero attached hydrogens (tertiary/aromatic N) is 3. The van der Waals surface area contributed by atoms with Crippen molar-refractivity contribution in [2.45, 2.75) is 0 Å². The molecule has 238 valence electrons. The fourth-order valence-electron chi connectivity index (χ4n) is 7.02. The normalized spacial score (nSPS) is 11.5. The first-order chi connectivity index (χ1) is 25.2. The molecule has 0 saturated carbocycles. The Bertz CT molecular complexity index is 2910. The maximum absolute atomic E-state index is 6.54. The van der Waals surface area contributed by atoms with Crippen molar-refractivity contribution in [3.8, 4) is 56.0 Å². The Hall–Kier alpha value is -6.91. The average Bonchev–Trinajstić information content (AvgIpc) is 3.65. The molecule has 10 aromatic rings. The third-order valence-corrected chi connectivity index (χ3v) is 9.75. The van der Waals surface area contributed by atoms with E-state index >= 15 is 0 Å². The SMILES string of the molecule is c1ccc2cc(-c3ccc(-c4ccc(-c5nc6c(-c7cnc8ccccc8c7)cc(-c7cnc8ccccc8c7)cc6o5)cc4)cc3)ccc2c1. The summed E-state index contributed by atoms with van der Waals surface area (Å²) in [6.07, 6.45) is 3.85. The Labute approximate surface area is 294 Å². The molecule has 0 N–H and O–H groups in total. The van der Waals surface area contributed by atoms with Crippen molar-refractivity contribution in [1.29, 1.82) is 0 Å². The molecule has 10 rings (SSSR count). The number of rotatable bonds is 5. The second kappa shape index (κ2) is 11.9. The van der Waals surface area contributed by atoms with Gasteiger partial charge in [0, 0.05) is 45.4 Å². The summed E-state index contributed by atoms with van der Waals surface area (Å²) in [5.74, 6) is 0.576. The Morgan fingerprint density at radius 2 is 0.863 bits per heavy atom. The van der Waals surface area contributed by atoms with Gasteiger partial charge in [-0.15, -0.1) is 0 Å². The monoisotopic (exact) mass is 651 g/mol. The van der Waals surface area contributed by atoms with E-state index in [1.165, 1.54) is 21.9 Å². The van der Waals surface area contributed by atoms with E-state index in [-0.39, 0.29) is 0 Å². The molecule has 0 aliphatic carbocycles. The van der Waals surface area contributed by atoms with Gasteiger partial charge in [-0.1, -0.05) is 109 Å². The number of pyridine rings is 2. The molecule has 0 unspecified atom stereocenters. The number of para-hydroxylation sites is 2. The second-order valence-electron chi connectivity index (χ2n) is 12.9. The van der Waals surface area contributed by atoms with Crippen molar-refractivity contribution in [2.75, 3.05) is 0 Å². The van der Waals surface area contributed by atoms with Gasteiger partial charge in [0.1, 0.15) is 5.52 Å². The molecule has 0 amide bonds. The summed E-state index contributed by atoms with van der Waals surface area (Å²) in [5.41, 5.74) is 13.0. The van der Waals surface area contributed by atoms with Crippen molar-refractivity contribution in [3.05, 3.63) is 176 Å². The smallest absolute Gasteiger partial charge is 0.227 e. The van der Waals surface area contributed by atoms with Crippen LogP contribution in [0.4, 0.5) is 0 Å². The summed E-state index contributed by atoms with van der Waals surface area (Å²) in [6, 6.07) is 57.3. The predicted octanol–water partition coefficient (Wildman–Crippen LogP) is 12.4. The molecular weight excluding hydrogens is 623 g/mol. The van der Waals surface area contributed by atoms with E-state index in [0.717, 1.165) is 66.3 Å². The number of oxazole rings is 1. The largest absolute Gasteiger partial charge is 0.436 e. The van der Waals surface area contributed by atoms with E-state index in [9.17, 15) is 0 Å². The molecule has 0 fully saturated rings. The first-order valence-corrected chi connectivity index (χ1v) is 17.1. The number of hydrogen-bond donors (Lipinski definition) is 0. The zero-order chi connectivity index (χ0) is 33.7. The van der Waals surface area contributed by atoms with Gasteiger partial charge in [0.25, 0.3) is 0 Å². The second-order valence-corrected chi connectivity index (χ2v) is 12.9. The van der Waals surface area contributed by atoms with Gasteiger partial charge in [-0.2, -0.15) is 0 Å². The van der Waals surface area contributed by atoms with E-state index in [0.29, 0.717) is 11.5 Å². The average molecular weight is 652 g/mol. The molecule has 3 heterocycles. The molecule has 3 aromatic heterocycles. The number of hydrogen-bond acceptors (Lipinski definition) is 4. The van der Waals surface area contributed by atoms with Crippen LogP contribution in [0.3, 0.4) is 0 Å².